The lowest BCUT2D eigenvalue weighted by molar-refractivity contribution is 0.0726. The fourth-order valence-electron chi connectivity index (χ4n) is 2.12. The van der Waals surface area contributed by atoms with E-state index in [0.29, 0.717) is 23.9 Å². The molecular formula is C12H25N3O. The quantitative estimate of drug-likeness (QED) is 0.551. The summed E-state index contributed by atoms with van der Waals surface area (Å²) in [6.45, 7) is 5.94. The molecule has 94 valence electrons. The molecule has 0 radical (unpaired) electrons. The number of guanidine groups is 1. The van der Waals surface area contributed by atoms with Gasteiger partial charge in [0.25, 0.3) is 0 Å². The van der Waals surface area contributed by atoms with Crippen LogP contribution >= 0.6 is 0 Å². The molecule has 1 saturated carbocycles. The Labute approximate surface area is 98.6 Å². The van der Waals surface area contributed by atoms with Gasteiger partial charge in [-0.15, -0.1) is 0 Å². The molecule has 1 aliphatic rings. The molecule has 0 heterocycles. The smallest absolute Gasteiger partial charge is 0.188 e. The molecule has 1 fully saturated rings. The number of ether oxygens (including phenoxy) is 1. The van der Waals surface area contributed by atoms with Gasteiger partial charge in [-0.05, 0) is 18.8 Å². The number of hydrogen-bond acceptors (Lipinski definition) is 2. The summed E-state index contributed by atoms with van der Waals surface area (Å²) < 4.78 is 5.43. The lowest BCUT2D eigenvalue weighted by atomic mass is 10.1. The van der Waals surface area contributed by atoms with Gasteiger partial charge in [-0.2, -0.15) is 0 Å². The minimum Gasteiger partial charge on any atom is -0.381 e. The lowest BCUT2D eigenvalue weighted by Gasteiger charge is -2.18. The fraction of sp³-hybridized carbons (Fsp3) is 0.917. The van der Waals surface area contributed by atoms with Crippen molar-refractivity contribution in [2.24, 2.45) is 22.6 Å². The van der Waals surface area contributed by atoms with Crippen LogP contribution in [0.3, 0.4) is 0 Å². The summed E-state index contributed by atoms with van der Waals surface area (Å²) in [6, 6.07) is 0. The van der Waals surface area contributed by atoms with Crippen LogP contribution < -0.4 is 11.1 Å². The van der Waals surface area contributed by atoms with Crippen molar-refractivity contribution < 1.29 is 4.74 Å². The van der Waals surface area contributed by atoms with Crippen molar-refractivity contribution >= 4 is 5.96 Å². The molecule has 4 nitrogen and oxygen atoms in total. The Morgan fingerprint density at radius 3 is 2.88 bits per heavy atom. The Morgan fingerprint density at radius 1 is 1.50 bits per heavy atom. The zero-order valence-electron chi connectivity index (χ0n) is 10.7. The normalized spacial score (nSPS) is 26.4. The van der Waals surface area contributed by atoms with E-state index in [1.807, 2.05) is 0 Å². The molecule has 0 amide bonds. The van der Waals surface area contributed by atoms with Crippen LogP contribution in [0.2, 0.25) is 0 Å². The van der Waals surface area contributed by atoms with Crippen molar-refractivity contribution in [1.29, 1.82) is 0 Å². The fourth-order valence-corrected chi connectivity index (χ4v) is 2.12. The van der Waals surface area contributed by atoms with Gasteiger partial charge in [0.05, 0.1) is 6.10 Å². The van der Waals surface area contributed by atoms with Crippen LogP contribution in [0.5, 0.6) is 0 Å². The van der Waals surface area contributed by atoms with E-state index in [4.69, 9.17) is 10.5 Å². The van der Waals surface area contributed by atoms with E-state index in [-0.39, 0.29) is 0 Å². The lowest BCUT2D eigenvalue weighted by Crippen LogP contribution is -2.38. The molecule has 1 rings (SSSR count). The summed E-state index contributed by atoms with van der Waals surface area (Å²) in [7, 11) is 1.79. The summed E-state index contributed by atoms with van der Waals surface area (Å²) in [4.78, 5) is 4.28. The van der Waals surface area contributed by atoms with E-state index >= 15 is 0 Å². The first-order chi connectivity index (χ1) is 7.63. The molecule has 0 aliphatic heterocycles. The maximum Gasteiger partial charge on any atom is 0.188 e. The number of nitrogens with two attached hydrogens (primary N) is 1. The molecule has 0 spiro atoms. The first-order valence-electron chi connectivity index (χ1n) is 6.20. The average Bonchev–Trinajstić information content (AvgIpc) is 2.70. The van der Waals surface area contributed by atoms with Crippen LogP contribution in [0, 0.1) is 11.8 Å². The van der Waals surface area contributed by atoms with Gasteiger partial charge in [-0.1, -0.05) is 20.3 Å². The van der Waals surface area contributed by atoms with Crippen LogP contribution in [-0.2, 0) is 4.74 Å². The molecule has 4 heteroatoms. The highest BCUT2D eigenvalue weighted by molar-refractivity contribution is 5.77. The third-order valence-corrected chi connectivity index (χ3v) is 3.06. The van der Waals surface area contributed by atoms with Crippen LogP contribution in [0.15, 0.2) is 4.99 Å². The van der Waals surface area contributed by atoms with Crippen LogP contribution in [0.25, 0.3) is 0 Å². The standard InChI is InChI=1S/C12H25N3O/c1-9(2)7-14-12(13)15-8-10-5-4-6-11(10)16-3/h9-11H,4-8H2,1-3H3,(H3,13,14,15). The van der Waals surface area contributed by atoms with Crippen molar-refractivity contribution in [3.63, 3.8) is 0 Å². The molecule has 3 N–H and O–H groups in total. The van der Waals surface area contributed by atoms with Gasteiger partial charge >= 0.3 is 0 Å². The number of nitrogens with zero attached hydrogens (tertiary/aromatic N) is 1. The summed E-state index contributed by atoms with van der Waals surface area (Å²) >= 11 is 0. The zero-order chi connectivity index (χ0) is 12.0. The number of methoxy groups -OCH3 is 1. The Morgan fingerprint density at radius 2 is 2.25 bits per heavy atom. The molecule has 1 aliphatic carbocycles. The van der Waals surface area contributed by atoms with E-state index < -0.39 is 0 Å². The van der Waals surface area contributed by atoms with Gasteiger partial charge in [0.1, 0.15) is 0 Å². The highest BCUT2D eigenvalue weighted by atomic mass is 16.5. The Bertz CT molecular complexity index is 228. The van der Waals surface area contributed by atoms with Gasteiger partial charge in [0, 0.05) is 26.1 Å². The van der Waals surface area contributed by atoms with Crippen LogP contribution in [0.4, 0.5) is 0 Å². The largest absolute Gasteiger partial charge is 0.381 e. The van der Waals surface area contributed by atoms with Gasteiger partial charge in [0.2, 0.25) is 0 Å². The van der Waals surface area contributed by atoms with Crippen molar-refractivity contribution in [3.05, 3.63) is 0 Å². The Hall–Kier alpha value is -0.770. The topological polar surface area (TPSA) is 59.6 Å². The second-order valence-electron chi connectivity index (χ2n) is 4.97. The van der Waals surface area contributed by atoms with E-state index in [9.17, 15) is 0 Å². The van der Waals surface area contributed by atoms with E-state index in [1.54, 1.807) is 7.11 Å². The zero-order valence-corrected chi connectivity index (χ0v) is 10.7. The van der Waals surface area contributed by atoms with Crippen molar-refractivity contribution in [1.82, 2.24) is 5.32 Å². The third-order valence-electron chi connectivity index (χ3n) is 3.06. The molecular weight excluding hydrogens is 202 g/mol. The van der Waals surface area contributed by atoms with E-state index in [0.717, 1.165) is 13.1 Å². The Kier molecular flexibility index (Phi) is 5.60. The third kappa shape index (κ3) is 4.39. The number of rotatable bonds is 5. The first kappa shape index (κ1) is 13.3. The summed E-state index contributed by atoms with van der Waals surface area (Å²) in [6.07, 6.45) is 4.05. The van der Waals surface area contributed by atoms with E-state index in [2.05, 4.69) is 24.2 Å². The van der Waals surface area contributed by atoms with Gasteiger partial charge in [-0.25, -0.2) is 0 Å². The summed E-state index contributed by atoms with van der Waals surface area (Å²) in [5.74, 6) is 1.70. The SMILES string of the molecule is COC1CCCC1CNC(N)=NCC(C)C. The molecule has 2 unspecified atom stereocenters. The minimum atomic E-state index is 0.394. The number of nitrogens with one attached hydrogen (secondary N) is 1. The van der Waals surface area contributed by atoms with Gasteiger partial charge in [-0.3, -0.25) is 4.99 Å². The summed E-state index contributed by atoms with van der Waals surface area (Å²) in [5.41, 5.74) is 5.79. The minimum absolute atomic E-state index is 0.394. The van der Waals surface area contributed by atoms with Crippen molar-refractivity contribution in [2.45, 2.75) is 39.2 Å². The second-order valence-corrected chi connectivity index (χ2v) is 4.97. The predicted octanol–water partition coefficient (Wildman–Crippen LogP) is 1.36. The molecule has 0 aromatic rings. The van der Waals surface area contributed by atoms with Crippen LogP contribution in [-0.4, -0.2) is 32.3 Å². The van der Waals surface area contributed by atoms with Gasteiger partial charge < -0.3 is 15.8 Å². The molecule has 2 atom stereocenters. The maximum absolute atomic E-state index is 5.79. The second kappa shape index (κ2) is 6.74. The van der Waals surface area contributed by atoms with Crippen LogP contribution in [0.1, 0.15) is 33.1 Å². The molecule has 0 aromatic carbocycles. The highest BCUT2D eigenvalue weighted by Crippen LogP contribution is 2.26. The van der Waals surface area contributed by atoms with Gasteiger partial charge in [0.15, 0.2) is 5.96 Å². The molecule has 0 saturated heterocycles. The van der Waals surface area contributed by atoms with E-state index in [1.165, 1.54) is 19.3 Å². The van der Waals surface area contributed by atoms with Crippen molar-refractivity contribution in [3.8, 4) is 0 Å². The number of aliphatic imine (C=N–C) groups is 1. The molecule has 0 bridgehead atoms. The predicted molar refractivity (Wildman–Crippen MR) is 67.5 cm³/mol. The maximum atomic E-state index is 5.79. The Balaban J connectivity index is 2.25. The van der Waals surface area contributed by atoms with Crippen molar-refractivity contribution in [2.75, 3.05) is 20.2 Å². The number of hydrogen-bond donors (Lipinski definition) is 2. The first-order valence-corrected chi connectivity index (χ1v) is 6.20. The monoisotopic (exact) mass is 227 g/mol. The highest BCUT2D eigenvalue weighted by Gasteiger charge is 2.26. The summed E-state index contributed by atoms with van der Waals surface area (Å²) in [5, 5.41) is 3.19. The average molecular weight is 227 g/mol. The molecule has 0 aromatic heterocycles. The molecule has 16 heavy (non-hydrogen) atoms.